The van der Waals surface area contributed by atoms with E-state index >= 15 is 0 Å². The van der Waals surface area contributed by atoms with Gasteiger partial charge in [-0.15, -0.1) is 0 Å². The van der Waals surface area contributed by atoms with Crippen molar-refractivity contribution in [2.75, 3.05) is 0 Å². The molecule has 3 aromatic rings. The summed E-state index contributed by atoms with van der Waals surface area (Å²) in [6, 6.07) is 18.3. The molecule has 24 heavy (non-hydrogen) atoms. The summed E-state index contributed by atoms with van der Waals surface area (Å²) in [5.74, 6) is 0.690. The number of hydrogen-bond donors (Lipinski definition) is 1. The Morgan fingerprint density at radius 3 is 2.75 bits per heavy atom. The number of ether oxygens (including phenoxy) is 1. The molecule has 1 aromatic heterocycles. The predicted octanol–water partition coefficient (Wildman–Crippen LogP) is 2.88. The summed E-state index contributed by atoms with van der Waals surface area (Å²) in [6.07, 6.45) is 3.98. The summed E-state index contributed by atoms with van der Waals surface area (Å²) in [5, 5.41) is 11.7. The number of benzene rings is 2. The molecule has 4 nitrogen and oxygen atoms in total. The van der Waals surface area contributed by atoms with Gasteiger partial charge in [0, 0.05) is 22.6 Å². The molecule has 0 amide bonds. The number of aryl methyl sites for hydroxylation is 1. The molecule has 0 aliphatic carbocycles. The molecule has 4 rings (SSSR count). The highest BCUT2D eigenvalue weighted by atomic mass is 16.5. The molecule has 4 heteroatoms. The highest BCUT2D eigenvalue weighted by molar-refractivity contribution is 5.90. The standard InChI is InChI=1S/C20H16N3O/c1-23-10-4-6-14(12-23)18-16-9-8-13-5-2-3-7-15(13)19(16)24-20(22)17(18)11-21/h2-10,12,18H,22H2,1H3/q+1/t18-/m0/s1. The Kier molecular flexibility index (Phi) is 3.21. The lowest BCUT2D eigenvalue weighted by Gasteiger charge is -2.26. The lowest BCUT2D eigenvalue weighted by molar-refractivity contribution is -0.671. The van der Waals surface area contributed by atoms with Crippen molar-refractivity contribution in [2.45, 2.75) is 5.92 Å². The first-order chi connectivity index (χ1) is 11.7. The molecule has 0 saturated carbocycles. The number of nitriles is 1. The third-order valence-electron chi connectivity index (χ3n) is 4.40. The maximum atomic E-state index is 9.63. The van der Waals surface area contributed by atoms with E-state index in [4.69, 9.17) is 10.5 Å². The van der Waals surface area contributed by atoms with Crippen molar-refractivity contribution < 1.29 is 9.30 Å². The minimum atomic E-state index is -0.226. The lowest BCUT2D eigenvalue weighted by Crippen LogP contribution is -2.29. The van der Waals surface area contributed by atoms with E-state index in [0.29, 0.717) is 5.57 Å². The fourth-order valence-corrected chi connectivity index (χ4v) is 3.31. The average molecular weight is 314 g/mol. The molecular weight excluding hydrogens is 298 g/mol. The molecule has 1 atom stereocenters. The van der Waals surface area contributed by atoms with E-state index in [9.17, 15) is 5.26 Å². The number of fused-ring (bicyclic) bond motifs is 3. The third-order valence-corrected chi connectivity index (χ3v) is 4.40. The van der Waals surface area contributed by atoms with E-state index in [1.807, 2.05) is 66.5 Å². The smallest absolute Gasteiger partial charge is 0.205 e. The van der Waals surface area contributed by atoms with Gasteiger partial charge < -0.3 is 10.5 Å². The van der Waals surface area contributed by atoms with Crippen molar-refractivity contribution in [1.82, 2.24) is 0 Å². The van der Waals surface area contributed by atoms with Crippen LogP contribution >= 0.6 is 0 Å². The van der Waals surface area contributed by atoms with Crippen molar-refractivity contribution in [3.63, 3.8) is 0 Å². The molecule has 0 fully saturated rings. The van der Waals surface area contributed by atoms with Crippen LogP contribution in [0, 0.1) is 11.3 Å². The first kappa shape index (κ1) is 14.3. The number of nitrogens with two attached hydrogens (primary N) is 1. The Morgan fingerprint density at radius 2 is 1.96 bits per heavy atom. The number of pyridine rings is 1. The van der Waals surface area contributed by atoms with Gasteiger partial charge in [0.05, 0.1) is 5.92 Å². The summed E-state index contributed by atoms with van der Waals surface area (Å²) in [5.41, 5.74) is 8.51. The summed E-state index contributed by atoms with van der Waals surface area (Å²) in [7, 11) is 1.96. The molecule has 0 saturated heterocycles. The van der Waals surface area contributed by atoms with E-state index in [0.717, 1.165) is 27.6 Å². The molecule has 0 spiro atoms. The molecule has 2 heterocycles. The summed E-state index contributed by atoms with van der Waals surface area (Å²) < 4.78 is 7.83. The minimum Gasteiger partial charge on any atom is -0.440 e. The van der Waals surface area contributed by atoms with Crippen LogP contribution in [0.2, 0.25) is 0 Å². The van der Waals surface area contributed by atoms with Gasteiger partial charge >= 0.3 is 0 Å². The van der Waals surface area contributed by atoms with Crippen molar-refractivity contribution >= 4 is 10.8 Å². The van der Waals surface area contributed by atoms with Gasteiger partial charge in [0.2, 0.25) is 5.88 Å². The van der Waals surface area contributed by atoms with Crippen LogP contribution in [0.3, 0.4) is 0 Å². The largest absolute Gasteiger partial charge is 0.440 e. The van der Waals surface area contributed by atoms with E-state index in [1.54, 1.807) is 0 Å². The zero-order chi connectivity index (χ0) is 16.7. The summed E-state index contributed by atoms with van der Waals surface area (Å²) in [4.78, 5) is 0. The van der Waals surface area contributed by atoms with E-state index < -0.39 is 0 Å². The van der Waals surface area contributed by atoms with Gasteiger partial charge in [-0.05, 0) is 11.5 Å². The number of hydrogen-bond acceptors (Lipinski definition) is 3. The normalized spacial score (nSPS) is 16.4. The molecule has 2 aromatic carbocycles. The van der Waals surface area contributed by atoms with Crippen LogP contribution in [-0.4, -0.2) is 0 Å². The molecular formula is C20H16N3O+. The van der Waals surface area contributed by atoms with Crippen LogP contribution in [0.15, 0.2) is 72.4 Å². The van der Waals surface area contributed by atoms with Gasteiger partial charge in [0.15, 0.2) is 12.4 Å². The van der Waals surface area contributed by atoms with Gasteiger partial charge in [-0.3, -0.25) is 0 Å². The van der Waals surface area contributed by atoms with Gasteiger partial charge in [-0.1, -0.05) is 36.4 Å². The molecule has 1 aliphatic heterocycles. The number of aromatic nitrogens is 1. The second kappa shape index (κ2) is 5.39. The Balaban J connectivity index is 2.02. The predicted molar refractivity (Wildman–Crippen MR) is 90.9 cm³/mol. The Labute approximate surface area is 140 Å². The number of allylic oxidation sites excluding steroid dienone is 1. The van der Waals surface area contributed by atoms with E-state index in [2.05, 4.69) is 12.1 Å². The Morgan fingerprint density at radius 1 is 1.12 bits per heavy atom. The first-order valence-electron chi connectivity index (χ1n) is 7.73. The molecule has 116 valence electrons. The van der Waals surface area contributed by atoms with E-state index in [1.165, 1.54) is 0 Å². The van der Waals surface area contributed by atoms with Gasteiger partial charge in [-0.25, -0.2) is 4.57 Å². The van der Waals surface area contributed by atoms with Crippen molar-refractivity contribution in [3.8, 4) is 11.8 Å². The zero-order valence-corrected chi connectivity index (χ0v) is 13.2. The fraction of sp³-hybridized carbons (Fsp3) is 0.100. The van der Waals surface area contributed by atoms with Crippen molar-refractivity contribution in [2.24, 2.45) is 12.8 Å². The average Bonchev–Trinajstić information content (AvgIpc) is 2.60. The monoisotopic (exact) mass is 314 g/mol. The van der Waals surface area contributed by atoms with Gasteiger partial charge in [-0.2, -0.15) is 5.26 Å². The van der Waals surface area contributed by atoms with Crippen LogP contribution in [-0.2, 0) is 7.05 Å². The highest BCUT2D eigenvalue weighted by Gasteiger charge is 2.32. The minimum absolute atomic E-state index is 0.179. The second-order valence-electron chi connectivity index (χ2n) is 5.93. The molecule has 1 aliphatic rings. The van der Waals surface area contributed by atoms with Crippen LogP contribution in [0.5, 0.6) is 5.75 Å². The van der Waals surface area contributed by atoms with E-state index in [-0.39, 0.29) is 11.8 Å². The van der Waals surface area contributed by atoms with Crippen molar-refractivity contribution in [3.05, 3.63) is 83.5 Å². The molecule has 0 bridgehead atoms. The second-order valence-corrected chi connectivity index (χ2v) is 5.93. The van der Waals surface area contributed by atoms with Gasteiger partial charge in [0.25, 0.3) is 0 Å². The topological polar surface area (TPSA) is 62.9 Å². The maximum Gasteiger partial charge on any atom is 0.205 e. The fourth-order valence-electron chi connectivity index (χ4n) is 3.31. The third kappa shape index (κ3) is 2.10. The highest BCUT2D eigenvalue weighted by Crippen LogP contribution is 2.44. The van der Waals surface area contributed by atoms with Crippen molar-refractivity contribution in [1.29, 1.82) is 5.26 Å². The molecule has 0 unspecified atom stereocenters. The maximum absolute atomic E-state index is 9.63. The first-order valence-corrected chi connectivity index (χ1v) is 7.73. The molecule has 0 radical (unpaired) electrons. The van der Waals surface area contributed by atoms with Crippen LogP contribution in [0.4, 0.5) is 0 Å². The molecule has 2 N–H and O–H groups in total. The van der Waals surface area contributed by atoms with Gasteiger partial charge in [0.1, 0.15) is 24.4 Å². The lowest BCUT2D eigenvalue weighted by atomic mass is 9.83. The van der Waals surface area contributed by atoms with Crippen LogP contribution in [0.25, 0.3) is 10.8 Å². The quantitative estimate of drug-likeness (QED) is 0.703. The summed E-state index contributed by atoms with van der Waals surface area (Å²) in [6.45, 7) is 0. The Bertz CT molecular complexity index is 1030. The van der Waals surface area contributed by atoms with Crippen LogP contribution in [0.1, 0.15) is 17.0 Å². The number of rotatable bonds is 1. The van der Waals surface area contributed by atoms with Crippen LogP contribution < -0.4 is 15.0 Å². The number of nitrogens with zero attached hydrogens (tertiary/aromatic N) is 2. The zero-order valence-electron chi connectivity index (χ0n) is 13.2. The SMILES string of the molecule is C[n+]1cccc([C@@H]2C(C#N)=C(N)Oc3c2ccc2ccccc32)c1. The summed E-state index contributed by atoms with van der Waals surface area (Å²) >= 11 is 0. The Hall–Kier alpha value is -3.32.